The number of hydrogen-bond acceptors (Lipinski definition) is 11. The summed E-state index contributed by atoms with van der Waals surface area (Å²) in [5.41, 5.74) is -0.180. The van der Waals surface area contributed by atoms with E-state index in [2.05, 4.69) is 20.8 Å². The Morgan fingerprint density at radius 2 is 0.771 bits per heavy atom. The number of aliphatic hydroxyl groups is 1. The van der Waals surface area contributed by atoms with Gasteiger partial charge in [0.05, 0.1) is 46.8 Å². The smallest absolute Gasteiger partial charge is 0.340 e. The van der Waals surface area contributed by atoms with Crippen LogP contribution in [0, 0.1) is 6.92 Å². The minimum absolute atomic E-state index is 0.0106. The van der Waals surface area contributed by atoms with Crippen molar-refractivity contribution in [1.29, 1.82) is 0 Å². The second-order valence-corrected chi connectivity index (χ2v) is 30.5. The summed E-state index contributed by atoms with van der Waals surface area (Å²) in [5, 5.41) is 11.9. The molecule has 1 N–H and O–H groups in total. The molecule has 2 heterocycles. The number of rotatable bonds is 64. The molecule has 1 aromatic heterocycles. The van der Waals surface area contributed by atoms with Gasteiger partial charge in [-0.1, -0.05) is 364 Å². The zero-order valence-electron chi connectivity index (χ0n) is 66.9. The highest BCUT2D eigenvalue weighted by atomic mass is 16.6. The highest BCUT2D eigenvalue weighted by Gasteiger charge is 2.43. The zero-order chi connectivity index (χ0) is 74.6. The number of unbranched alkanes of at least 4 members (excludes halogenated alkanes) is 45. The van der Waals surface area contributed by atoms with Crippen molar-refractivity contribution in [3.8, 4) is 28.7 Å². The van der Waals surface area contributed by atoms with E-state index >= 15 is 9.59 Å². The van der Waals surface area contributed by atoms with Gasteiger partial charge in [0, 0.05) is 23.7 Å². The van der Waals surface area contributed by atoms with Gasteiger partial charge >= 0.3 is 5.69 Å². The Kier molecular flexibility index (Phi) is 45.8. The van der Waals surface area contributed by atoms with Gasteiger partial charge in [-0.2, -0.15) is 4.57 Å². The van der Waals surface area contributed by atoms with E-state index in [9.17, 15) is 9.90 Å². The third-order valence-corrected chi connectivity index (χ3v) is 21.7. The van der Waals surface area contributed by atoms with Crippen LogP contribution in [0.25, 0.3) is 0 Å². The molecule has 0 unspecified atom stereocenters. The van der Waals surface area contributed by atoms with Crippen LogP contribution < -0.4 is 34.9 Å². The second kappa shape index (κ2) is 54.7. The second-order valence-electron chi connectivity index (χ2n) is 30.5. The topological polar surface area (TPSA) is 146 Å². The van der Waals surface area contributed by atoms with Crippen molar-refractivity contribution in [1.82, 2.24) is 9.13 Å². The van der Waals surface area contributed by atoms with Crippen LogP contribution in [0.3, 0.4) is 0 Å². The molecule has 0 spiro atoms. The van der Waals surface area contributed by atoms with Gasteiger partial charge in [0.25, 0.3) is 11.5 Å². The fourth-order valence-electron chi connectivity index (χ4n) is 15.1. The van der Waals surface area contributed by atoms with Crippen molar-refractivity contribution in [3.63, 3.8) is 0 Å². The molecular formula is C92H144N2O11. The molecule has 1 fully saturated rings. The molecule has 0 amide bonds. The normalized spacial score (nSPS) is 14.5. The van der Waals surface area contributed by atoms with E-state index in [4.69, 9.17) is 33.2 Å². The van der Waals surface area contributed by atoms with Gasteiger partial charge in [-0.3, -0.25) is 14.2 Å². The van der Waals surface area contributed by atoms with E-state index in [1.807, 2.05) is 78.9 Å². The summed E-state index contributed by atoms with van der Waals surface area (Å²) in [6.45, 7) is 9.59. The maximum atomic E-state index is 15.3. The Balaban J connectivity index is 1.18. The predicted molar refractivity (Wildman–Crippen MR) is 434 cm³/mol. The Morgan fingerprint density at radius 3 is 1.11 bits per heavy atom. The van der Waals surface area contributed by atoms with Crippen molar-refractivity contribution >= 4 is 5.91 Å². The summed E-state index contributed by atoms with van der Waals surface area (Å²) in [6.07, 6.45) is 59.3. The van der Waals surface area contributed by atoms with Gasteiger partial charge in [0.15, 0.2) is 11.5 Å². The van der Waals surface area contributed by atoms with Crippen LogP contribution in [0.2, 0.25) is 0 Å². The SMILES string of the molecule is CCCCCCCCCCCCCCCCCCOc1cc(C(=O)n2c(=O)c(C)cn([C@H]3C[C@@H](O)[C@@H](COC(c4ccccc4)(c4ccc(OC)cc4)c4ccc(OC)cc4)O3)c2=O)cc(OCCCCCCCCCCCCCCCCCC)c1OCCCCCCCCCCCCCCCCCC. The first-order valence-electron chi connectivity index (χ1n) is 42.9. The van der Waals surface area contributed by atoms with Crippen molar-refractivity contribution in [2.45, 2.75) is 366 Å². The number of carbonyl (C=O) groups excluding carboxylic acids is 1. The molecule has 3 atom stereocenters. The van der Waals surface area contributed by atoms with Crippen molar-refractivity contribution in [2.24, 2.45) is 0 Å². The van der Waals surface area contributed by atoms with Crippen LogP contribution in [0.15, 0.2) is 107 Å². The molecule has 4 aromatic carbocycles. The van der Waals surface area contributed by atoms with Crippen LogP contribution in [0.4, 0.5) is 0 Å². The van der Waals surface area contributed by atoms with E-state index in [1.54, 1.807) is 33.3 Å². The first-order chi connectivity index (χ1) is 51.6. The quantitative estimate of drug-likeness (QED) is 0.0293. The van der Waals surface area contributed by atoms with Gasteiger partial charge in [0.2, 0.25) is 5.75 Å². The Hall–Kier alpha value is -5.89. The lowest BCUT2D eigenvalue weighted by atomic mass is 9.80. The average Bonchev–Trinajstić information content (AvgIpc) is 1.70. The molecule has 0 saturated carbocycles. The van der Waals surface area contributed by atoms with Crippen LogP contribution in [-0.2, 0) is 15.1 Å². The Morgan fingerprint density at radius 1 is 0.448 bits per heavy atom. The number of aromatic nitrogens is 2. The van der Waals surface area contributed by atoms with Crippen molar-refractivity contribution in [2.75, 3.05) is 40.6 Å². The minimum Gasteiger partial charge on any atom is -0.497 e. The van der Waals surface area contributed by atoms with Gasteiger partial charge in [-0.25, -0.2) is 4.79 Å². The summed E-state index contributed by atoms with van der Waals surface area (Å²) in [5.74, 6) is 1.71. The fraction of sp³-hybridized carbons (Fsp3) is 0.685. The average molecular weight is 1450 g/mol. The number of hydrogen-bond donors (Lipinski definition) is 1. The first kappa shape index (κ1) is 88.0. The third-order valence-electron chi connectivity index (χ3n) is 21.7. The number of methoxy groups -OCH3 is 2. The first-order valence-corrected chi connectivity index (χ1v) is 42.9. The van der Waals surface area contributed by atoms with E-state index in [0.717, 1.165) is 74.5 Å². The van der Waals surface area contributed by atoms with Gasteiger partial charge in [-0.15, -0.1) is 0 Å². The lowest BCUT2D eigenvalue weighted by Gasteiger charge is -2.37. The summed E-state index contributed by atoms with van der Waals surface area (Å²) >= 11 is 0. The highest BCUT2D eigenvalue weighted by Crippen LogP contribution is 2.44. The van der Waals surface area contributed by atoms with E-state index < -0.39 is 41.2 Å². The molecule has 1 saturated heterocycles. The van der Waals surface area contributed by atoms with E-state index in [0.29, 0.717) is 53.1 Å². The molecule has 13 heteroatoms. The van der Waals surface area contributed by atoms with Crippen molar-refractivity contribution < 1.29 is 43.1 Å². The molecule has 0 radical (unpaired) electrons. The Bertz CT molecular complexity index is 3040. The third kappa shape index (κ3) is 32.5. The molecule has 6 rings (SSSR count). The number of aliphatic hydroxyl groups excluding tert-OH is 1. The number of aryl methyl sites for hydroxylation is 1. The lowest BCUT2D eigenvalue weighted by Crippen LogP contribution is -2.45. The number of ether oxygens (including phenoxy) is 7. The molecule has 1 aliphatic heterocycles. The molecule has 0 bridgehead atoms. The standard InChI is InChI=1S/C92H144N2O11/c1-7-10-13-16-19-22-25-28-31-34-37-40-43-46-49-55-68-101-84-71-77(72-85(102-69-56-50-47-44-41-38-35-32-29-26-23-20-17-14-11-8-2)88(84)103-70-57-51-48-45-42-39-36-33-30-27-24-21-18-15-12-9-3)90(97)94-89(96)76(4)74-93(91(94)98)87-73-83(95)86(105-87)75-104-92(78-58-53-52-54-59-78,79-60-64-81(99-5)65-61-79)80-62-66-82(100-6)67-63-80/h52-54,58-67,71-72,74,83,86-87,95H,7-51,55-57,68-70,73,75H2,1-6H3/t83-,86-,87-/m1/s1. The predicted octanol–water partition coefficient (Wildman–Crippen LogP) is 24.6. The summed E-state index contributed by atoms with van der Waals surface area (Å²) in [6, 6.07) is 28.5. The monoisotopic (exact) mass is 1450 g/mol. The van der Waals surface area contributed by atoms with Gasteiger partial charge in [-0.05, 0) is 79.3 Å². The van der Waals surface area contributed by atoms with Crippen LogP contribution in [0.5, 0.6) is 28.7 Å². The fourth-order valence-corrected chi connectivity index (χ4v) is 15.1. The summed E-state index contributed by atoms with van der Waals surface area (Å²) < 4.78 is 47.0. The van der Waals surface area contributed by atoms with Crippen molar-refractivity contribution in [3.05, 3.63) is 146 Å². The van der Waals surface area contributed by atoms with Crippen LogP contribution >= 0.6 is 0 Å². The summed E-state index contributed by atoms with van der Waals surface area (Å²) in [7, 11) is 3.25. The number of nitrogens with zero attached hydrogens (tertiary/aromatic N) is 2. The molecule has 1 aliphatic rings. The zero-order valence-corrected chi connectivity index (χ0v) is 66.9. The lowest BCUT2D eigenvalue weighted by molar-refractivity contribution is -0.0945. The summed E-state index contributed by atoms with van der Waals surface area (Å²) in [4.78, 5) is 44.8. The number of carbonyl (C=O) groups is 1. The molecule has 5 aromatic rings. The molecule has 13 nitrogen and oxygen atoms in total. The van der Waals surface area contributed by atoms with Crippen LogP contribution in [-0.4, -0.2) is 73.0 Å². The maximum Gasteiger partial charge on any atom is 0.340 e. The molecular weight excluding hydrogens is 1310 g/mol. The van der Waals surface area contributed by atoms with Gasteiger partial charge in [0.1, 0.15) is 29.4 Å². The largest absolute Gasteiger partial charge is 0.497 e. The molecule has 105 heavy (non-hydrogen) atoms. The minimum atomic E-state index is -1.21. The van der Waals surface area contributed by atoms with Crippen LogP contribution in [0.1, 0.15) is 374 Å². The molecule has 588 valence electrons. The maximum absolute atomic E-state index is 15.3. The van der Waals surface area contributed by atoms with E-state index in [1.165, 1.54) is 261 Å². The highest BCUT2D eigenvalue weighted by molar-refractivity contribution is 5.97. The number of benzene rings is 4. The molecule has 0 aliphatic carbocycles. The van der Waals surface area contributed by atoms with E-state index in [-0.39, 0.29) is 24.2 Å². The Labute approximate surface area is 636 Å². The van der Waals surface area contributed by atoms with Gasteiger partial charge < -0.3 is 38.3 Å².